The van der Waals surface area contributed by atoms with Gasteiger partial charge >= 0.3 is 0 Å². The van der Waals surface area contributed by atoms with Crippen LogP contribution in [-0.2, 0) is 24.4 Å². The summed E-state index contributed by atoms with van der Waals surface area (Å²) in [6, 6.07) is 5.79. The number of carbonyl (C=O) groups excluding carboxylic acids is 1. The first-order valence-electron chi connectivity index (χ1n) is 8.25. The van der Waals surface area contributed by atoms with Crippen LogP contribution in [0.2, 0.25) is 0 Å². The van der Waals surface area contributed by atoms with Crippen LogP contribution < -0.4 is 5.32 Å². The van der Waals surface area contributed by atoms with Crippen LogP contribution in [0.1, 0.15) is 30.8 Å². The smallest absolute Gasteiger partial charge is 0.223 e. The molecule has 4 rings (SSSR count). The summed E-state index contributed by atoms with van der Waals surface area (Å²) in [6.45, 7) is 2.91. The van der Waals surface area contributed by atoms with E-state index in [0.29, 0.717) is 19.0 Å². The molecule has 1 saturated carbocycles. The first-order valence-corrected chi connectivity index (χ1v) is 8.25. The highest BCUT2D eigenvalue weighted by Gasteiger charge is 2.29. The fourth-order valence-electron chi connectivity index (χ4n) is 2.96. The Bertz CT molecular complexity index is 692. The molecule has 1 aliphatic carbocycles. The molecule has 2 aromatic rings. The van der Waals surface area contributed by atoms with Gasteiger partial charge in [0.15, 0.2) is 0 Å². The van der Waals surface area contributed by atoms with Gasteiger partial charge in [-0.25, -0.2) is 9.97 Å². The van der Waals surface area contributed by atoms with Gasteiger partial charge < -0.3 is 14.8 Å². The van der Waals surface area contributed by atoms with Crippen molar-refractivity contribution in [3.63, 3.8) is 0 Å². The largest absolute Gasteiger partial charge is 0.364 e. The molecule has 1 amide bonds. The molecule has 120 valence electrons. The Balaban J connectivity index is 1.37. The van der Waals surface area contributed by atoms with Gasteiger partial charge in [-0.15, -0.1) is 0 Å². The molecule has 6 heteroatoms. The Morgan fingerprint density at radius 1 is 1.30 bits per heavy atom. The maximum atomic E-state index is 12.2. The van der Waals surface area contributed by atoms with Crippen molar-refractivity contribution < 1.29 is 4.79 Å². The van der Waals surface area contributed by atoms with Crippen molar-refractivity contribution in [2.24, 2.45) is 5.92 Å². The zero-order chi connectivity index (χ0) is 15.6. The Hall–Kier alpha value is -2.37. The van der Waals surface area contributed by atoms with Crippen molar-refractivity contribution in [1.29, 1.82) is 0 Å². The molecule has 3 heterocycles. The van der Waals surface area contributed by atoms with Gasteiger partial charge in [-0.3, -0.25) is 4.79 Å². The van der Waals surface area contributed by atoms with Crippen LogP contribution in [0.3, 0.4) is 0 Å². The SMILES string of the molecule is O=C(CC1CC1)N1CCn2cc(CNc3ccccn3)nc2C1. The van der Waals surface area contributed by atoms with Crippen LogP contribution in [0, 0.1) is 5.92 Å². The van der Waals surface area contributed by atoms with Gasteiger partial charge in [0, 0.05) is 31.9 Å². The van der Waals surface area contributed by atoms with Crippen molar-refractivity contribution in [3.8, 4) is 0 Å². The Labute approximate surface area is 135 Å². The highest BCUT2D eigenvalue weighted by atomic mass is 16.2. The maximum absolute atomic E-state index is 12.2. The van der Waals surface area contributed by atoms with E-state index < -0.39 is 0 Å². The lowest BCUT2D eigenvalue weighted by molar-refractivity contribution is -0.133. The number of rotatable bonds is 5. The van der Waals surface area contributed by atoms with Gasteiger partial charge in [-0.2, -0.15) is 0 Å². The average molecular weight is 311 g/mol. The molecule has 0 spiro atoms. The van der Waals surface area contributed by atoms with Gasteiger partial charge in [0.1, 0.15) is 11.6 Å². The van der Waals surface area contributed by atoms with Gasteiger partial charge in [-0.1, -0.05) is 6.07 Å². The molecule has 2 aromatic heterocycles. The molecule has 0 unspecified atom stereocenters. The monoisotopic (exact) mass is 311 g/mol. The predicted molar refractivity (Wildman–Crippen MR) is 86.5 cm³/mol. The second kappa shape index (κ2) is 6.02. The quantitative estimate of drug-likeness (QED) is 0.918. The van der Waals surface area contributed by atoms with E-state index in [1.54, 1.807) is 6.20 Å². The molecular weight excluding hydrogens is 290 g/mol. The lowest BCUT2D eigenvalue weighted by atomic mass is 10.2. The second-order valence-corrected chi connectivity index (χ2v) is 6.37. The number of carbonyl (C=O) groups is 1. The summed E-state index contributed by atoms with van der Waals surface area (Å²) in [5, 5.41) is 3.27. The van der Waals surface area contributed by atoms with Gasteiger partial charge in [-0.05, 0) is 30.9 Å². The average Bonchev–Trinajstić information content (AvgIpc) is 3.29. The Morgan fingerprint density at radius 2 is 2.22 bits per heavy atom. The minimum Gasteiger partial charge on any atom is -0.364 e. The van der Waals surface area contributed by atoms with E-state index in [1.165, 1.54) is 12.8 Å². The fraction of sp³-hybridized carbons (Fsp3) is 0.471. The third-order valence-electron chi connectivity index (χ3n) is 4.48. The minimum atomic E-state index is 0.287. The van der Waals surface area contributed by atoms with Crippen LogP contribution in [0.15, 0.2) is 30.6 Å². The molecule has 1 aliphatic heterocycles. The van der Waals surface area contributed by atoms with Gasteiger partial charge in [0.25, 0.3) is 0 Å². The van der Waals surface area contributed by atoms with E-state index in [1.807, 2.05) is 23.1 Å². The second-order valence-electron chi connectivity index (χ2n) is 6.37. The number of anilines is 1. The van der Waals surface area contributed by atoms with E-state index in [-0.39, 0.29) is 5.91 Å². The number of nitrogens with zero attached hydrogens (tertiary/aromatic N) is 4. The van der Waals surface area contributed by atoms with Crippen molar-refractivity contribution in [1.82, 2.24) is 19.4 Å². The summed E-state index contributed by atoms with van der Waals surface area (Å²) >= 11 is 0. The molecule has 1 N–H and O–H groups in total. The predicted octanol–water partition coefficient (Wildman–Crippen LogP) is 2.03. The van der Waals surface area contributed by atoms with E-state index >= 15 is 0 Å². The molecule has 0 saturated heterocycles. The summed E-state index contributed by atoms with van der Waals surface area (Å²) in [5.74, 6) is 2.76. The Morgan fingerprint density at radius 3 is 3.00 bits per heavy atom. The number of imidazole rings is 1. The molecule has 0 radical (unpaired) electrons. The molecule has 0 atom stereocenters. The van der Waals surface area contributed by atoms with Crippen molar-refractivity contribution in [2.75, 3.05) is 11.9 Å². The van der Waals surface area contributed by atoms with Gasteiger partial charge in [0.2, 0.25) is 5.91 Å². The molecule has 6 nitrogen and oxygen atoms in total. The number of nitrogens with one attached hydrogen (secondary N) is 1. The van der Waals surface area contributed by atoms with Crippen LogP contribution >= 0.6 is 0 Å². The highest BCUT2D eigenvalue weighted by molar-refractivity contribution is 5.76. The molecule has 23 heavy (non-hydrogen) atoms. The maximum Gasteiger partial charge on any atom is 0.223 e. The van der Waals surface area contributed by atoms with E-state index in [2.05, 4.69) is 26.0 Å². The van der Waals surface area contributed by atoms with Crippen molar-refractivity contribution in [2.45, 2.75) is 38.9 Å². The van der Waals surface area contributed by atoms with Crippen LogP contribution in [0.4, 0.5) is 5.82 Å². The number of hydrogen-bond donors (Lipinski definition) is 1. The van der Waals surface area contributed by atoms with E-state index in [4.69, 9.17) is 0 Å². The lowest BCUT2D eigenvalue weighted by Gasteiger charge is -2.27. The molecular formula is C17H21N5O. The summed E-state index contributed by atoms with van der Waals surface area (Å²) in [6.07, 6.45) is 7.00. The number of amides is 1. The highest BCUT2D eigenvalue weighted by Crippen LogP contribution is 2.33. The summed E-state index contributed by atoms with van der Waals surface area (Å²) in [5.41, 5.74) is 0.988. The number of fused-ring (bicyclic) bond motifs is 1. The van der Waals surface area contributed by atoms with Crippen LogP contribution in [0.25, 0.3) is 0 Å². The molecule has 0 bridgehead atoms. The van der Waals surface area contributed by atoms with E-state index in [9.17, 15) is 4.79 Å². The number of pyridine rings is 1. The standard InChI is InChI=1S/C17H21N5O/c23-17(9-13-4-5-13)22-8-7-21-11-14(20-16(21)12-22)10-19-15-3-1-2-6-18-15/h1-3,6,11,13H,4-5,7-10,12H2,(H,18,19). The summed E-state index contributed by atoms with van der Waals surface area (Å²) in [7, 11) is 0. The summed E-state index contributed by atoms with van der Waals surface area (Å²) < 4.78 is 2.16. The van der Waals surface area contributed by atoms with Crippen molar-refractivity contribution >= 4 is 11.7 Å². The molecule has 2 aliphatic rings. The zero-order valence-electron chi connectivity index (χ0n) is 13.1. The van der Waals surface area contributed by atoms with Gasteiger partial charge in [0.05, 0.1) is 18.8 Å². The van der Waals surface area contributed by atoms with Crippen LogP contribution in [-0.4, -0.2) is 31.9 Å². The first kappa shape index (κ1) is 14.2. The topological polar surface area (TPSA) is 63.1 Å². The summed E-state index contributed by atoms with van der Waals surface area (Å²) in [4.78, 5) is 23.1. The number of aromatic nitrogens is 3. The third-order valence-corrected chi connectivity index (χ3v) is 4.48. The van der Waals surface area contributed by atoms with E-state index in [0.717, 1.165) is 36.8 Å². The molecule has 1 fully saturated rings. The zero-order valence-corrected chi connectivity index (χ0v) is 13.1. The van der Waals surface area contributed by atoms with Crippen LogP contribution in [0.5, 0.6) is 0 Å². The Kier molecular flexibility index (Phi) is 3.73. The molecule has 0 aromatic carbocycles. The lowest BCUT2D eigenvalue weighted by Crippen LogP contribution is -2.38. The normalized spacial score (nSPS) is 17.0. The minimum absolute atomic E-state index is 0.287. The van der Waals surface area contributed by atoms with Crippen molar-refractivity contribution in [3.05, 3.63) is 42.1 Å². The number of hydrogen-bond acceptors (Lipinski definition) is 4. The fourth-order valence-corrected chi connectivity index (χ4v) is 2.96. The first-order chi connectivity index (χ1) is 11.3. The third kappa shape index (κ3) is 3.36.